The van der Waals surface area contributed by atoms with Crippen LogP contribution in [-0.4, -0.2) is 6.54 Å². The van der Waals surface area contributed by atoms with Crippen molar-refractivity contribution in [3.05, 3.63) is 35.1 Å². The Morgan fingerprint density at radius 3 is 2.78 bits per heavy atom. The van der Waals surface area contributed by atoms with E-state index in [2.05, 4.69) is 5.32 Å². The summed E-state index contributed by atoms with van der Waals surface area (Å²) in [7, 11) is 0. The minimum absolute atomic E-state index is 0.137. The molecule has 1 aromatic carbocycles. The highest BCUT2D eigenvalue weighted by Gasteiger charge is 2.53. The highest BCUT2D eigenvalue weighted by Crippen LogP contribution is 2.60. The van der Waals surface area contributed by atoms with Gasteiger partial charge in [0.25, 0.3) is 0 Å². The second-order valence-electron chi connectivity index (χ2n) is 5.63. The van der Waals surface area contributed by atoms with Crippen molar-refractivity contribution in [2.24, 2.45) is 11.3 Å². The fraction of sp³-hybridized carbons (Fsp3) is 0.533. The Kier molecular flexibility index (Phi) is 2.83. The van der Waals surface area contributed by atoms with Crippen LogP contribution in [0.5, 0.6) is 0 Å². The molecule has 0 amide bonds. The van der Waals surface area contributed by atoms with E-state index in [0.29, 0.717) is 17.5 Å². The molecule has 0 saturated heterocycles. The van der Waals surface area contributed by atoms with E-state index in [0.717, 1.165) is 12.5 Å². The van der Waals surface area contributed by atoms with Gasteiger partial charge in [0.05, 0.1) is 5.56 Å². The zero-order chi connectivity index (χ0) is 12.6. The van der Waals surface area contributed by atoms with Crippen LogP contribution in [0.1, 0.15) is 36.8 Å². The van der Waals surface area contributed by atoms with E-state index in [-0.39, 0.29) is 11.4 Å². The van der Waals surface area contributed by atoms with E-state index in [4.69, 9.17) is 5.26 Å². The molecular formula is C15H17FN2. The third kappa shape index (κ3) is 2.13. The summed E-state index contributed by atoms with van der Waals surface area (Å²) in [4.78, 5) is 0. The summed E-state index contributed by atoms with van der Waals surface area (Å²) >= 11 is 0. The maximum absolute atomic E-state index is 13.8. The van der Waals surface area contributed by atoms with Crippen molar-refractivity contribution in [1.82, 2.24) is 5.32 Å². The lowest BCUT2D eigenvalue weighted by atomic mass is 10.0. The van der Waals surface area contributed by atoms with Crippen molar-refractivity contribution in [1.29, 1.82) is 5.26 Å². The van der Waals surface area contributed by atoms with Crippen molar-refractivity contribution < 1.29 is 4.39 Å². The van der Waals surface area contributed by atoms with E-state index in [1.54, 1.807) is 12.1 Å². The maximum Gasteiger partial charge on any atom is 0.145 e. The molecule has 2 aliphatic rings. The Bertz CT molecular complexity index is 496. The first-order chi connectivity index (χ1) is 8.75. The fourth-order valence-electron chi connectivity index (χ4n) is 2.83. The molecule has 3 rings (SSSR count). The van der Waals surface area contributed by atoms with Crippen molar-refractivity contribution in [3.63, 3.8) is 0 Å². The average molecular weight is 244 g/mol. The molecule has 2 fully saturated rings. The summed E-state index contributed by atoms with van der Waals surface area (Å²) in [6, 6.07) is 6.89. The predicted octanol–water partition coefficient (Wildman–Crippen LogP) is 2.98. The van der Waals surface area contributed by atoms with E-state index in [1.165, 1.54) is 31.7 Å². The lowest BCUT2D eigenvalue weighted by molar-refractivity contribution is 0.401. The van der Waals surface area contributed by atoms with Crippen LogP contribution in [-0.2, 0) is 6.54 Å². The molecule has 1 N–H and O–H groups in total. The first-order valence-electron chi connectivity index (χ1n) is 6.63. The number of nitriles is 1. The van der Waals surface area contributed by atoms with Crippen LogP contribution >= 0.6 is 0 Å². The molecule has 0 atom stereocenters. The standard InChI is InChI=1S/C15H17FN2/c16-14-11(8-17)2-1-3-12(14)9-18-10-15(6-7-15)13-4-5-13/h1-3,13,18H,4-7,9-10H2. The van der Waals surface area contributed by atoms with Gasteiger partial charge in [-0.25, -0.2) is 4.39 Å². The SMILES string of the molecule is N#Cc1cccc(CNCC2(C3CC3)CC2)c1F. The zero-order valence-electron chi connectivity index (χ0n) is 10.4. The smallest absolute Gasteiger partial charge is 0.145 e. The number of nitrogens with zero attached hydrogens (tertiary/aromatic N) is 1. The molecule has 94 valence electrons. The molecule has 0 heterocycles. The maximum atomic E-state index is 13.8. The van der Waals surface area contributed by atoms with Gasteiger partial charge in [0.2, 0.25) is 0 Å². The van der Waals surface area contributed by atoms with Gasteiger partial charge in [-0.05, 0) is 43.1 Å². The molecule has 0 unspecified atom stereocenters. The van der Waals surface area contributed by atoms with Crippen LogP contribution in [0.25, 0.3) is 0 Å². The van der Waals surface area contributed by atoms with Gasteiger partial charge >= 0.3 is 0 Å². The second-order valence-corrected chi connectivity index (χ2v) is 5.63. The third-order valence-corrected chi connectivity index (χ3v) is 4.33. The Hall–Kier alpha value is -1.40. The molecular weight excluding hydrogens is 227 g/mol. The van der Waals surface area contributed by atoms with Crippen LogP contribution < -0.4 is 5.32 Å². The van der Waals surface area contributed by atoms with Gasteiger partial charge in [-0.3, -0.25) is 0 Å². The molecule has 0 spiro atoms. The van der Waals surface area contributed by atoms with E-state index < -0.39 is 0 Å². The summed E-state index contributed by atoms with van der Waals surface area (Å²) < 4.78 is 13.8. The van der Waals surface area contributed by atoms with Gasteiger partial charge in [-0.2, -0.15) is 5.26 Å². The quantitative estimate of drug-likeness (QED) is 0.864. The highest BCUT2D eigenvalue weighted by atomic mass is 19.1. The molecule has 18 heavy (non-hydrogen) atoms. The highest BCUT2D eigenvalue weighted by molar-refractivity contribution is 5.34. The Labute approximate surface area is 107 Å². The summed E-state index contributed by atoms with van der Waals surface area (Å²) in [6.45, 7) is 1.52. The van der Waals surface area contributed by atoms with Crippen molar-refractivity contribution in [3.8, 4) is 6.07 Å². The minimum Gasteiger partial charge on any atom is -0.312 e. The first kappa shape index (κ1) is 11.7. The number of hydrogen-bond acceptors (Lipinski definition) is 2. The van der Waals surface area contributed by atoms with Gasteiger partial charge in [0, 0.05) is 18.7 Å². The average Bonchev–Trinajstić information content (AvgIpc) is 3.25. The largest absolute Gasteiger partial charge is 0.312 e. The number of rotatable bonds is 5. The Morgan fingerprint density at radius 1 is 1.39 bits per heavy atom. The summed E-state index contributed by atoms with van der Waals surface area (Å²) in [5, 5.41) is 12.1. The van der Waals surface area contributed by atoms with E-state index in [1.807, 2.05) is 6.07 Å². The molecule has 0 bridgehead atoms. The van der Waals surface area contributed by atoms with Crippen molar-refractivity contribution in [2.45, 2.75) is 32.2 Å². The van der Waals surface area contributed by atoms with Crippen LogP contribution in [0.2, 0.25) is 0 Å². The monoisotopic (exact) mass is 244 g/mol. The minimum atomic E-state index is -0.372. The summed E-state index contributed by atoms with van der Waals surface area (Å²) in [5.41, 5.74) is 1.27. The van der Waals surface area contributed by atoms with Crippen molar-refractivity contribution >= 4 is 0 Å². The normalized spacial score (nSPS) is 20.4. The summed E-state index contributed by atoms with van der Waals surface area (Å²) in [6.07, 6.45) is 5.40. The molecule has 0 radical (unpaired) electrons. The number of halogens is 1. The van der Waals surface area contributed by atoms with Crippen LogP contribution in [0, 0.1) is 28.5 Å². The third-order valence-electron chi connectivity index (χ3n) is 4.33. The zero-order valence-corrected chi connectivity index (χ0v) is 10.4. The molecule has 2 aliphatic carbocycles. The van der Waals surface area contributed by atoms with Crippen LogP contribution in [0.4, 0.5) is 4.39 Å². The molecule has 0 aliphatic heterocycles. The topological polar surface area (TPSA) is 35.8 Å². The van der Waals surface area contributed by atoms with Crippen LogP contribution in [0.15, 0.2) is 18.2 Å². The van der Waals surface area contributed by atoms with E-state index >= 15 is 0 Å². The Balaban J connectivity index is 1.59. The van der Waals surface area contributed by atoms with Gasteiger partial charge in [0.1, 0.15) is 11.9 Å². The molecule has 1 aromatic rings. The number of nitrogens with one attached hydrogen (secondary N) is 1. The van der Waals surface area contributed by atoms with Gasteiger partial charge in [-0.1, -0.05) is 12.1 Å². The van der Waals surface area contributed by atoms with E-state index in [9.17, 15) is 4.39 Å². The molecule has 2 nitrogen and oxygen atoms in total. The second kappa shape index (κ2) is 4.37. The first-order valence-corrected chi connectivity index (χ1v) is 6.63. The van der Waals surface area contributed by atoms with Crippen LogP contribution in [0.3, 0.4) is 0 Å². The summed E-state index contributed by atoms with van der Waals surface area (Å²) in [5.74, 6) is 0.545. The van der Waals surface area contributed by atoms with Gasteiger partial charge in [0.15, 0.2) is 0 Å². The lowest BCUT2D eigenvalue weighted by Gasteiger charge is -2.15. The molecule has 3 heteroatoms. The number of benzene rings is 1. The molecule has 0 aromatic heterocycles. The Morgan fingerprint density at radius 2 is 2.17 bits per heavy atom. The predicted molar refractivity (Wildman–Crippen MR) is 67.2 cm³/mol. The molecule has 2 saturated carbocycles. The van der Waals surface area contributed by atoms with Gasteiger partial charge in [-0.15, -0.1) is 0 Å². The van der Waals surface area contributed by atoms with Gasteiger partial charge < -0.3 is 5.32 Å². The van der Waals surface area contributed by atoms with Crippen molar-refractivity contribution in [2.75, 3.05) is 6.54 Å². The lowest BCUT2D eigenvalue weighted by Crippen LogP contribution is -2.25. The number of hydrogen-bond donors (Lipinski definition) is 1. The fourth-order valence-corrected chi connectivity index (χ4v) is 2.83.